The van der Waals surface area contributed by atoms with Crippen molar-refractivity contribution in [3.8, 4) is 5.82 Å². The van der Waals surface area contributed by atoms with E-state index in [0.717, 1.165) is 23.1 Å². The van der Waals surface area contributed by atoms with Gasteiger partial charge in [-0.25, -0.2) is 18.1 Å². The number of benzene rings is 1. The molecule has 1 aliphatic carbocycles. The first kappa shape index (κ1) is 22.0. The zero-order chi connectivity index (χ0) is 23.3. The van der Waals surface area contributed by atoms with Crippen LogP contribution in [0, 0.1) is 5.92 Å². The topological polar surface area (TPSA) is 114 Å². The SMILES string of the molecule is CC1[C@H](c2ccccc2)[C@]1(NS(=O)(=O)c1ccc(-n2cc(C(F)(F)F)cn2)nc1)C(=O)O. The van der Waals surface area contributed by atoms with Crippen molar-refractivity contribution in [1.29, 1.82) is 0 Å². The second kappa shape index (κ2) is 7.41. The highest BCUT2D eigenvalue weighted by atomic mass is 32.2. The highest BCUT2D eigenvalue weighted by molar-refractivity contribution is 7.89. The third-order valence-corrected chi connectivity index (χ3v) is 7.06. The first-order valence-corrected chi connectivity index (χ1v) is 10.9. The van der Waals surface area contributed by atoms with Gasteiger partial charge in [-0.1, -0.05) is 37.3 Å². The Morgan fingerprint density at radius 3 is 2.38 bits per heavy atom. The lowest BCUT2D eigenvalue weighted by Gasteiger charge is -2.16. The predicted octanol–water partition coefficient (Wildman–Crippen LogP) is 2.82. The van der Waals surface area contributed by atoms with Gasteiger partial charge >= 0.3 is 12.1 Å². The molecule has 3 aromatic rings. The summed E-state index contributed by atoms with van der Waals surface area (Å²) in [5.74, 6) is -2.40. The Bertz CT molecular complexity index is 1260. The van der Waals surface area contributed by atoms with E-state index in [1.165, 1.54) is 6.07 Å². The number of aromatic nitrogens is 3. The molecule has 0 saturated heterocycles. The van der Waals surface area contributed by atoms with E-state index in [2.05, 4.69) is 14.8 Å². The van der Waals surface area contributed by atoms with Crippen LogP contribution in [0.3, 0.4) is 0 Å². The Labute approximate surface area is 180 Å². The maximum Gasteiger partial charge on any atom is 0.419 e. The van der Waals surface area contributed by atoms with Gasteiger partial charge in [-0.05, 0) is 23.6 Å². The number of hydrogen-bond donors (Lipinski definition) is 2. The lowest BCUT2D eigenvalue weighted by molar-refractivity contribution is -0.140. The minimum atomic E-state index is -4.58. The number of carbonyl (C=O) groups is 1. The lowest BCUT2D eigenvalue weighted by Crippen LogP contribution is -2.45. The van der Waals surface area contributed by atoms with E-state index >= 15 is 0 Å². The molecule has 2 heterocycles. The molecule has 32 heavy (non-hydrogen) atoms. The summed E-state index contributed by atoms with van der Waals surface area (Å²) in [7, 11) is -4.29. The molecule has 1 aliphatic rings. The van der Waals surface area contributed by atoms with Gasteiger partial charge in [0.25, 0.3) is 0 Å². The van der Waals surface area contributed by atoms with Crippen LogP contribution < -0.4 is 4.72 Å². The normalized spacial score (nSPS) is 23.1. The first-order chi connectivity index (χ1) is 15.0. The second-order valence-electron chi connectivity index (χ2n) is 7.48. The Morgan fingerprint density at radius 1 is 1.16 bits per heavy atom. The van der Waals surface area contributed by atoms with Crippen LogP contribution in [-0.4, -0.2) is 39.8 Å². The Morgan fingerprint density at radius 2 is 1.84 bits per heavy atom. The van der Waals surface area contributed by atoms with Crippen LogP contribution in [0.4, 0.5) is 13.2 Å². The monoisotopic (exact) mass is 466 g/mol. The highest BCUT2D eigenvalue weighted by Crippen LogP contribution is 2.58. The van der Waals surface area contributed by atoms with E-state index in [1.807, 2.05) is 0 Å². The number of carboxylic acid groups (broad SMARTS) is 1. The molecular weight excluding hydrogens is 449 g/mol. The Hall–Kier alpha value is -3.25. The van der Waals surface area contributed by atoms with Crippen LogP contribution in [0.2, 0.25) is 0 Å². The standard InChI is InChI=1S/C20H17F3N4O4S/c1-12-17(13-5-3-2-4-6-13)19(12,18(28)29)26-32(30,31)15-7-8-16(24-10-15)27-11-14(9-25-27)20(21,22)23/h2-12,17,26H,1H3,(H,28,29)/t12?,17-,19+/m1/s1. The number of halogens is 3. The molecule has 0 aliphatic heterocycles. The van der Waals surface area contributed by atoms with Gasteiger partial charge in [-0.2, -0.15) is 23.0 Å². The molecule has 2 aromatic heterocycles. The predicted molar refractivity (Wildman–Crippen MR) is 105 cm³/mol. The summed E-state index contributed by atoms with van der Waals surface area (Å²) < 4.78 is 67.2. The van der Waals surface area contributed by atoms with Gasteiger partial charge in [0.2, 0.25) is 10.0 Å². The molecule has 4 rings (SSSR count). The lowest BCUT2D eigenvalue weighted by atomic mass is 10.1. The third-order valence-electron chi connectivity index (χ3n) is 5.59. The minimum Gasteiger partial charge on any atom is -0.480 e. The van der Waals surface area contributed by atoms with E-state index < -0.39 is 45.1 Å². The van der Waals surface area contributed by atoms with Crippen molar-refractivity contribution in [2.24, 2.45) is 5.92 Å². The summed E-state index contributed by atoms with van der Waals surface area (Å²) in [5.41, 5.74) is -2.00. The molecule has 12 heteroatoms. The molecule has 8 nitrogen and oxygen atoms in total. The van der Waals surface area contributed by atoms with Crippen molar-refractivity contribution < 1.29 is 31.5 Å². The van der Waals surface area contributed by atoms with E-state index in [4.69, 9.17) is 0 Å². The average molecular weight is 466 g/mol. The fourth-order valence-corrected chi connectivity index (χ4v) is 5.24. The highest BCUT2D eigenvalue weighted by Gasteiger charge is 2.70. The Kier molecular flexibility index (Phi) is 5.09. The van der Waals surface area contributed by atoms with Gasteiger partial charge in [0.1, 0.15) is 10.4 Å². The van der Waals surface area contributed by atoms with Gasteiger partial charge in [0.05, 0.1) is 11.8 Å². The number of pyridine rings is 1. The fraction of sp³-hybridized carbons (Fsp3) is 0.250. The fourth-order valence-electron chi connectivity index (χ4n) is 3.84. The van der Waals surface area contributed by atoms with Crippen LogP contribution in [0.5, 0.6) is 0 Å². The van der Waals surface area contributed by atoms with Gasteiger partial charge in [0.15, 0.2) is 5.82 Å². The number of nitrogens with one attached hydrogen (secondary N) is 1. The van der Waals surface area contributed by atoms with Crippen molar-refractivity contribution in [3.05, 3.63) is 72.2 Å². The smallest absolute Gasteiger partial charge is 0.419 e. The van der Waals surface area contributed by atoms with Gasteiger partial charge in [-0.15, -0.1) is 0 Å². The summed E-state index contributed by atoms with van der Waals surface area (Å²) in [6, 6.07) is 11.0. The number of hydrogen-bond acceptors (Lipinski definition) is 5. The summed E-state index contributed by atoms with van der Waals surface area (Å²) in [4.78, 5) is 15.6. The number of alkyl halides is 3. The van der Waals surface area contributed by atoms with E-state index in [1.54, 1.807) is 37.3 Å². The molecular formula is C20H17F3N4O4S. The van der Waals surface area contributed by atoms with Gasteiger partial charge < -0.3 is 5.11 Å². The van der Waals surface area contributed by atoms with Gasteiger partial charge in [-0.3, -0.25) is 4.79 Å². The van der Waals surface area contributed by atoms with E-state index in [-0.39, 0.29) is 10.7 Å². The summed E-state index contributed by atoms with van der Waals surface area (Å²) >= 11 is 0. The molecule has 1 aromatic carbocycles. The molecule has 0 bridgehead atoms. The van der Waals surface area contributed by atoms with Gasteiger partial charge in [0, 0.05) is 18.3 Å². The zero-order valence-corrected chi connectivity index (χ0v) is 17.3. The summed E-state index contributed by atoms with van der Waals surface area (Å²) in [5, 5.41) is 13.4. The van der Waals surface area contributed by atoms with Crippen molar-refractivity contribution in [2.75, 3.05) is 0 Å². The van der Waals surface area contributed by atoms with E-state index in [9.17, 15) is 31.5 Å². The maximum atomic E-state index is 12.9. The van der Waals surface area contributed by atoms with Crippen LogP contribution >= 0.6 is 0 Å². The molecule has 3 atom stereocenters. The maximum absolute atomic E-state index is 12.9. The number of sulfonamides is 1. The Balaban J connectivity index is 1.60. The first-order valence-electron chi connectivity index (χ1n) is 9.37. The second-order valence-corrected chi connectivity index (χ2v) is 9.16. The molecule has 0 spiro atoms. The third kappa shape index (κ3) is 3.65. The van der Waals surface area contributed by atoms with Crippen molar-refractivity contribution in [1.82, 2.24) is 19.5 Å². The summed E-state index contributed by atoms with van der Waals surface area (Å²) in [6.07, 6.45) is -2.28. The minimum absolute atomic E-state index is 0.0330. The van der Waals surface area contributed by atoms with E-state index in [0.29, 0.717) is 11.8 Å². The zero-order valence-electron chi connectivity index (χ0n) is 16.5. The van der Waals surface area contributed by atoms with Crippen molar-refractivity contribution in [3.63, 3.8) is 0 Å². The number of aliphatic carboxylic acids is 1. The molecule has 0 amide bonds. The molecule has 1 fully saturated rings. The molecule has 1 unspecified atom stereocenters. The number of nitrogens with zero attached hydrogens (tertiary/aromatic N) is 3. The molecule has 168 valence electrons. The molecule has 0 radical (unpaired) electrons. The molecule has 2 N–H and O–H groups in total. The largest absolute Gasteiger partial charge is 0.480 e. The number of rotatable bonds is 6. The average Bonchev–Trinajstić information content (AvgIpc) is 3.09. The van der Waals surface area contributed by atoms with Crippen molar-refractivity contribution in [2.45, 2.75) is 29.5 Å². The quantitative estimate of drug-likeness (QED) is 0.578. The number of carboxylic acids is 1. The van der Waals surface area contributed by atoms with Crippen LogP contribution in [0.25, 0.3) is 5.82 Å². The van der Waals surface area contributed by atoms with Crippen LogP contribution in [-0.2, 0) is 21.0 Å². The molecule has 1 saturated carbocycles. The van der Waals surface area contributed by atoms with Crippen LogP contribution in [0.1, 0.15) is 24.0 Å². The van der Waals surface area contributed by atoms with Crippen LogP contribution in [0.15, 0.2) is 66.0 Å². The van der Waals surface area contributed by atoms with Crippen molar-refractivity contribution >= 4 is 16.0 Å². The summed E-state index contributed by atoms with van der Waals surface area (Å²) in [6.45, 7) is 1.64.